The van der Waals surface area contributed by atoms with Gasteiger partial charge < -0.3 is 20.7 Å². The standard InChI is InChI=1S/C30H28N4O5S2.ClH/c35-28(21-9-12-27-25(14-21)34-29(36)24-5-1-2-6-26(24)41(27,37)38)32-16-23-17-33-30(40-23)20-7-10-22(11-8-20)39-18-19-4-3-13-31-15-19;/h1-2,5-12,14,17,19,31H,3-4,13,15-16,18H2,(H,32,35)(H,34,36);1H. The van der Waals surface area contributed by atoms with Crippen LogP contribution < -0.4 is 20.7 Å². The summed E-state index contributed by atoms with van der Waals surface area (Å²) in [5.74, 6) is 0.427. The second kappa shape index (κ2) is 12.6. The van der Waals surface area contributed by atoms with Crippen LogP contribution in [0.4, 0.5) is 5.69 Å². The van der Waals surface area contributed by atoms with E-state index in [2.05, 4.69) is 20.9 Å². The summed E-state index contributed by atoms with van der Waals surface area (Å²) < 4.78 is 32.3. The zero-order valence-electron chi connectivity index (χ0n) is 22.5. The molecule has 0 saturated carbocycles. The first-order valence-corrected chi connectivity index (χ1v) is 15.6. The van der Waals surface area contributed by atoms with Gasteiger partial charge >= 0.3 is 0 Å². The molecule has 0 radical (unpaired) electrons. The quantitative estimate of drug-likeness (QED) is 0.266. The van der Waals surface area contributed by atoms with Gasteiger partial charge in [0, 0.05) is 34.7 Å². The summed E-state index contributed by atoms with van der Waals surface area (Å²) in [6.07, 6.45) is 4.09. The first kappa shape index (κ1) is 29.7. The number of aromatic nitrogens is 1. The third kappa shape index (κ3) is 6.19. The number of hydrogen-bond acceptors (Lipinski definition) is 8. The average Bonchev–Trinajstić information content (AvgIpc) is 3.46. The lowest BCUT2D eigenvalue weighted by atomic mass is 10.0. The van der Waals surface area contributed by atoms with Gasteiger partial charge in [-0.15, -0.1) is 23.7 Å². The molecule has 42 heavy (non-hydrogen) atoms. The van der Waals surface area contributed by atoms with Gasteiger partial charge in [-0.25, -0.2) is 13.4 Å². The van der Waals surface area contributed by atoms with E-state index in [-0.39, 0.29) is 45.6 Å². The Kier molecular flexibility index (Phi) is 8.93. The fraction of sp³-hybridized carbons (Fsp3) is 0.233. The lowest BCUT2D eigenvalue weighted by molar-refractivity contribution is 0.0949. The van der Waals surface area contributed by atoms with Crippen molar-refractivity contribution in [1.82, 2.24) is 15.6 Å². The van der Waals surface area contributed by atoms with Gasteiger partial charge in [-0.3, -0.25) is 9.59 Å². The van der Waals surface area contributed by atoms with E-state index in [4.69, 9.17) is 4.74 Å². The maximum absolute atomic E-state index is 13.2. The van der Waals surface area contributed by atoms with Gasteiger partial charge in [0.05, 0.1) is 34.2 Å². The summed E-state index contributed by atoms with van der Waals surface area (Å²) in [6.45, 7) is 3.03. The lowest BCUT2D eigenvalue weighted by Crippen LogP contribution is -2.33. The largest absolute Gasteiger partial charge is 0.493 e. The smallest absolute Gasteiger partial charge is 0.257 e. The van der Waals surface area contributed by atoms with Crippen LogP contribution in [0.25, 0.3) is 10.6 Å². The summed E-state index contributed by atoms with van der Waals surface area (Å²) in [7, 11) is -3.94. The molecule has 3 aromatic carbocycles. The van der Waals surface area contributed by atoms with Gasteiger partial charge in [0.2, 0.25) is 9.84 Å². The molecule has 0 spiro atoms. The molecule has 2 aliphatic heterocycles. The minimum atomic E-state index is -3.94. The molecule has 9 nitrogen and oxygen atoms in total. The van der Waals surface area contributed by atoms with Gasteiger partial charge in [0.25, 0.3) is 11.8 Å². The summed E-state index contributed by atoms with van der Waals surface area (Å²) in [4.78, 5) is 30.9. The molecule has 1 saturated heterocycles. The Bertz CT molecular complexity index is 1720. The summed E-state index contributed by atoms with van der Waals surface area (Å²) in [6, 6.07) is 18.1. The molecular formula is C30H29ClN4O5S2. The van der Waals surface area contributed by atoms with Crippen molar-refractivity contribution in [2.75, 3.05) is 25.0 Å². The number of benzene rings is 3. The van der Waals surface area contributed by atoms with Crippen LogP contribution >= 0.6 is 23.7 Å². The van der Waals surface area contributed by atoms with E-state index in [0.29, 0.717) is 12.5 Å². The molecule has 0 aliphatic carbocycles. The topological polar surface area (TPSA) is 126 Å². The number of rotatable bonds is 7. The number of piperidine rings is 1. The molecule has 2 amide bonds. The number of carbonyl (C=O) groups is 2. The number of ether oxygens (including phenoxy) is 1. The first-order chi connectivity index (χ1) is 19.9. The minimum absolute atomic E-state index is 0. The van der Waals surface area contributed by atoms with Crippen LogP contribution in [0.3, 0.4) is 0 Å². The number of carbonyl (C=O) groups excluding carboxylic acids is 2. The van der Waals surface area contributed by atoms with Gasteiger partial charge in [0.15, 0.2) is 0 Å². The highest BCUT2D eigenvalue weighted by molar-refractivity contribution is 7.91. The molecule has 3 heterocycles. The molecule has 1 aromatic heterocycles. The summed E-state index contributed by atoms with van der Waals surface area (Å²) >= 11 is 1.47. The van der Waals surface area contributed by atoms with E-state index in [1.807, 2.05) is 24.3 Å². The van der Waals surface area contributed by atoms with Crippen molar-refractivity contribution in [2.45, 2.75) is 29.2 Å². The van der Waals surface area contributed by atoms with Crippen LogP contribution in [0.5, 0.6) is 5.75 Å². The Balaban J connectivity index is 0.00000353. The van der Waals surface area contributed by atoms with E-state index in [1.54, 1.807) is 18.3 Å². The molecule has 6 rings (SSSR count). The van der Waals surface area contributed by atoms with Crippen LogP contribution in [-0.2, 0) is 16.4 Å². The zero-order valence-corrected chi connectivity index (χ0v) is 24.9. The number of sulfone groups is 1. The number of thiazole rings is 1. The number of nitrogens with one attached hydrogen (secondary N) is 3. The van der Waals surface area contributed by atoms with Crippen LogP contribution in [0.1, 0.15) is 38.4 Å². The van der Waals surface area contributed by atoms with Gasteiger partial charge in [0.1, 0.15) is 10.8 Å². The molecule has 1 fully saturated rings. The number of fused-ring (bicyclic) bond motifs is 2. The maximum atomic E-state index is 13.2. The van der Waals surface area contributed by atoms with Crippen LogP contribution in [0, 0.1) is 5.92 Å². The second-order valence-electron chi connectivity index (χ2n) is 10.0. The number of anilines is 1. The highest BCUT2D eigenvalue weighted by Gasteiger charge is 2.31. The predicted molar refractivity (Wildman–Crippen MR) is 163 cm³/mol. The Labute approximate surface area is 254 Å². The molecule has 12 heteroatoms. The Hall–Kier alpha value is -3.77. The number of hydrogen-bond donors (Lipinski definition) is 3. The van der Waals surface area contributed by atoms with Gasteiger partial charge in [-0.05, 0) is 74.0 Å². The van der Waals surface area contributed by atoms with E-state index < -0.39 is 21.7 Å². The van der Waals surface area contributed by atoms with Crippen LogP contribution in [0.15, 0.2) is 82.7 Å². The summed E-state index contributed by atoms with van der Waals surface area (Å²) in [5, 5.41) is 9.72. The molecule has 1 unspecified atom stereocenters. The molecular weight excluding hydrogens is 596 g/mol. The van der Waals surface area contributed by atoms with Crippen molar-refractivity contribution in [3.63, 3.8) is 0 Å². The van der Waals surface area contributed by atoms with Crippen LogP contribution in [-0.4, -0.2) is 44.9 Å². The molecule has 218 valence electrons. The first-order valence-electron chi connectivity index (χ1n) is 13.3. The lowest BCUT2D eigenvalue weighted by Gasteiger charge is -2.22. The molecule has 0 bridgehead atoms. The van der Waals surface area contributed by atoms with Gasteiger partial charge in [-0.1, -0.05) is 12.1 Å². The maximum Gasteiger partial charge on any atom is 0.257 e. The van der Waals surface area contributed by atoms with E-state index in [0.717, 1.165) is 34.3 Å². The van der Waals surface area contributed by atoms with E-state index in [9.17, 15) is 18.0 Å². The number of nitrogens with zero attached hydrogens (tertiary/aromatic N) is 1. The Morgan fingerprint density at radius 3 is 2.67 bits per heavy atom. The summed E-state index contributed by atoms with van der Waals surface area (Å²) in [5.41, 5.74) is 1.33. The van der Waals surface area contributed by atoms with Crippen molar-refractivity contribution >= 4 is 51.1 Å². The van der Waals surface area contributed by atoms with E-state index in [1.165, 1.54) is 54.5 Å². The van der Waals surface area contributed by atoms with E-state index >= 15 is 0 Å². The third-order valence-corrected chi connectivity index (χ3v) is 10.1. The minimum Gasteiger partial charge on any atom is -0.493 e. The van der Waals surface area contributed by atoms with Gasteiger partial charge in [-0.2, -0.15) is 0 Å². The normalized spacial score (nSPS) is 17.0. The Morgan fingerprint density at radius 2 is 1.88 bits per heavy atom. The molecule has 4 aromatic rings. The Morgan fingerprint density at radius 1 is 1.07 bits per heavy atom. The second-order valence-corrected chi connectivity index (χ2v) is 13.0. The van der Waals surface area contributed by atoms with Crippen molar-refractivity contribution in [2.24, 2.45) is 5.92 Å². The SMILES string of the molecule is Cl.O=C(NCc1cnc(-c2ccc(OCC3CCCNC3)cc2)s1)c1ccc2c(c1)NC(=O)c1ccccc1S2(=O)=O. The van der Waals surface area contributed by atoms with Crippen molar-refractivity contribution in [3.8, 4) is 16.3 Å². The number of halogens is 1. The highest BCUT2D eigenvalue weighted by atomic mass is 35.5. The fourth-order valence-corrected chi connectivity index (χ4v) is 7.42. The fourth-order valence-electron chi connectivity index (χ4n) is 4.97. The predicted octanol–water partition coefficient (Wildman–Crippen LogP) is 4.94. The molecule has 2 aliphatic rings. The third-order valence-electron chi connectivity index (χ3n) is 7.16. The average molecular weight is 625 g/mol. The highest BCUT2D eigenvalue weighted by Crippen LogP contribution is 2.34. The monoisotopic (exact) mass is 624 g/mol. The van der Waals surface area contributed by atoms with Crippen molar-refractivity contribution in [1.29, 1.82) is 0 Å². The molecule has 1 atom stereocenters. The van der Waals surface area contributed by atoms with Crippen LogP contribution in [0.2, 0.25) is 0 Å². The number of amides is 2. The zero-order chi connectivity index (χ0) is 28.4. The van der Waals surface area contributed by atoms with Crippen molar-refractivity contribution in [3.05, 3.63) is 88.9 Å². The van der Waals surface area contributed by atoms with Crippen molar-refractivity contribution < 1.29 is 22.7 Å². The molecule has 3 N–H and O–H groups in total.